The lowest BCUT2D eigenvalue weighted by atomic mass is 10.1. The molecule has 0 spiro atoms. The second-order valence-electron chi connectivity index (χ2n) is 6.49. The molecule has 3 aromatic rings. The van der Waals surface area contributed by atoms with Crippen molar-refractivity contribution < 1.29 is 19.1 Å². The van der Waals surface area contributed by atoms with Gasteiger partial charge in [-0.25, -0.2) is 20.0 Å². The molecule has 2 heterocycles. The van der Waals surface area contributed by atoms with E-state index in [0.717, 1.165) is 0 Å². The Hall–Kier alpha value is -4.11. The number of hydrogen-bond donors (Lipinski definition) is 1. The molecule has 2 bridgehead atoms. The number of aliphatic imine (C=N–C) groups is 2. The number of methoxy groups -OCH3 is 1. The van der Waals surface area contributed by atoms with E-state index < -0.39 is 11.8 Å². The van der Waals surface area contributed by atoms with Crippen molar-refractivity contribution >= 4 is 58.3 Å². The van der Waals surface area contributed by atoms with E-state index in [1.165, 1.54) is 38.0 Å². The number of hydrogen-bond acceptors (Lipinski definition) is 7. The SMILES string of the molecule is COc1cc2cc3c(ncnc13)Nc1c(Cl)cccc1C=NC(=O)/C=C\C=NC(=O)CO2. The van der Waals surface area contributed by atoms with E-state index in [0.29, 0.717) is 44.5 Å². The van der Waals surface area contributed by atoms with Crippen molar-refractivity contribution in [1.29, 1.82) is 0 Å². The zero-order valence-electron chi connectivity index (χ0n) is 16.8. The lowest BCUT2D eigenvalue weighted by Crippen LogP contribution is -2.09. The highest BCUT2D eigenvalue weighted by atomic mass is 35.5. The number of fused-ring (bicyclic) bond motifs is 2. The molecule has 2 aromatic carbocycles. The van der Waals surface area contributed by atoms with Crippen LogP contribution in [0.1, 0.15) is 5.56 Å². The molecule has 0 aliphatic carbocycles. The molecular formula is C22H16ClN5O4. The Kier molecular flexibility index (Phi) is 6.18. The predicted octanol–water partition coefficient (Wildman–Crippen LogP) is 3.53. The first-order valence-electron chi connectivity index (χ1n) is 9.38. The first kappa shape index (κ1) is 21.1. The zero-order chi connectivity index (χ0) is 22.5. The van der Waals surface area contributed by atoms with Crippen LogP contribution in [0.5, 0.6) is 11.5 Å². The topological polar surface area (TPSA) is 115 Å². The van der Waals surface area contributed by atoms with Gasteiger partial charge in [0.25, 0.3) is 11.8 Å². The fraction of sp³-hybridized carbons (Fsp3) is 0.0909. The van der Waals surface area contributed by atoms with Crippen LogP contribution in [0.2, 0.25) is 5.02 Å². The molecule has 10 heteroatoms. The Morgan fingerprint density at radius 2 is 2.03 bits per heavy atom. The van der Waals surface area contributed by atoms with Gasteiger partial charge in [0, 0.05) is 30.1 Å². The van der Waals surface area contributed by atoms with E-state index >= 15 is 0 Å². The average molecular weight is 450 g/mol. The lowest BCUT2D eigenvalue weighted by molar-refractivity contribution is -0.119. The minimum absolute atomic E-state index is 0.309. The number of carbonyl (C=O) groups is 2. The number of nitrogens with zero attached hydrogens (tertiary/aromatic N) is 4. The molecule has 1 N–H and O–H groups in total. The Balaban J connectivity index is 1.90. The maximum Gasteiger partial charge on any atom is 0.283 e. The molecule has 1 aromatic heterocycles. The number of carbonyl (C=O) groups excluding carboxylic acids is 2. The maximum atomic E-state index is 12.0. The number of amides is 2. The molecule has 1 aliphatic heterocycles. The lowest BCUT2D eigenvalue weighted by Gasteiger charge is -2.14. The van der Waals surface area contributed by atoms with Gasteiger partial charge in [0.1, 0.15) is 29.2 Å². The summed E-state index contributed by atoms with van der Waals surface area (Å²) in [5.41, 5.74) is 1.60. The summed E-state index contributed by atoms with van der Waals surface area (Å²) >= 11 is 6.42. The molecule has 0 radical (unpaired) electrons. The van der Waals surface area contributed by atoms with Gasteiger partial charge in [0.2, 0.25) is 0 Å². The molecule has 2 amide bonds. The molecule has 0 atom stereocenters. The number of nitrogens with one attached hydrogen (secondary N) is 1. The highest BCUT2D eigenvalue weighted by molar-refractivity contribution is 6.34. The molecule has 0 saturated carbocycles. The zero-order valence-corrected chi connectivity index (χ0v) is 17.5. The normalized spacial score (nSPS) is 15.1. The standard InChI is InChI=1S/C22H16ClN5O4/c1-31-17-9-14-8-15-21(17)26-12-27-22(15)28-20-13(4-2-5-16(20)23)10-25-18(29)6-3-7-24-19(30)11-32-14/h2-10,12H,11H2,1H3,(H,26,27,28)/b6-3-,24-7?,25-10?. The van der Waals surface area contributed by atoms with Gasteiger partial charge in [0.05, 0.1) is 23.2 Å². The van der Waals surface area contributed by atoms with Gasteiger partial charge in [-0.2, -0.15) is 0 Å². The molecule has 0 saturated heterocycles. The van der Waals surface area contributed by atoms with Gasteiger partial charge >= 0.3 is 0 Å². The van der Waals surface area contributed by atoms with E-state index in [-0.39, 0.29) is 6.61 Å². The number of aromatic nitrogens is 2. The average Bonchev–Trinajstić information content (AvgIpc) is 2.80. The molecular weight excluding hydrogens is 434 g/mol. The predicted molar refractivity (Wildman–Crippen MR) is 122 cm³/mol. The van der Waals surface area contributed by atoms with Crippen LogP contribution in [0.25, 0.3) is 10.9 Å². The minimum atomic E-state index is -0.532. The summed E-state index contributed by atoms with van der Waals surface area (Å²) < 4.78 is 11.0. The third kappa shape index (κ3) is 4.62. The number of para-hydroxylation sites is 1. The molecule has 4 rings (SSSR count). The summed E-state index contributed by atoms with van der Waals surface area (Å²) in [6, 6.07) is 8.50. The third-order valence-corrected chi connectivity index (χ3v) is 4.74. The van der Waals surface area contributed by atoms with E-state index in [1.807, 2.05) is 0 Å². The monoisotopic (exact) mass is 449 g/mol. The van der Waals surface area contributed by atoms with Crippen LogP contribution in [0.4, 0.5) is 11.5 Å². The van der Waals surface area contributed by atoms with Crippen LogP contribution >= 0.6 is 11.6 Å². The second kappa shape index (κ2) is 9.36. The van der Waals surface area contributed by atoms with Crippen LogP contribution in [-0.4, -0.2) is 47.9 Å². The number of allylic oxidation sites excluding steroid dienone is 1. The molecule has 9 nitrogen and oxygen atoms in total. The van der Waals surface area contributed by atoms with Crippen LogP contribution in [0.15, 0.2) is 58.8 Å². The molecule has 160 valence electrons. The van der Waals surface area contributed by atoms with Crippen molar-refractivity contribution in [3.8, 4) is 11.5 Å². The first-order chi connectivity index (χ1) is 15.5. The largest absolute Gasteiger partial charge is 0.494 e. The Bertz CT molecular complexity index is 1300. The Morgan fingerprint density at radius 1 is 1.16 bits per heavy atom. The van der Waals surface area contributed by atoms with Crippen molar-refractivity contribution in [2.45, 2.75) is 0 Å². The minimum Gasteiger partial charge on any atom is -0.494 e. The van der Waals surface area contributed by atoms with Crippen LogP contribution in [0.3, 0.4) is 0 Å². The van der Waals surface area contributed by atoms with Crippen molar-refractivity contribution in [2.24, 2.45) is 9.98 Å². The summed E-state index contributed by atoms with van der Waals surface area (Å²) in [6.45, 7) is -0.309. The van der Waals surface area contributed by atoms with Gasteiger partial charge in [-0.1, -0.05) is 23.7 Å². The summed E-state index contributed by atoms with van der Waals surface area (Å²) in [5.74, 6) is 0.159. The number of anilines is 2. The van der Waals surface area contributed by atoms with E-state index in [4.69, 9.17) is 21.1 Å². The van der Waals surface area contributed by atoms with E-state index in [2.05, 4.69) is 25.3 Å². The van der Waals surface area contributed by atoms with Gasteiger partial charge < -0.3 is 14.8 Å². The Labute approximate surface area is 187 Å². The van der Waals surface area contributed by atoms with Gasteiger partial charge in [-0.15, -0.1) is 0 Å². The number of benzene rings is 2. The quantitative estimate of drug-likeness (QED) is 0.604. The summed E-state index contributed by atoms with van der Waals surface area (Å²) in [5, 5.41) is 4.16. The van der Waals surface area contributed by atoms with E-state index in [1.54, 1.807) is 30.3 Å². The summed E-state index contributed by atoms with van der Waals surface area (Å²) in [4.78, 5) is 40.2. The maximum absolute atomic E-state index is 12.0. The van der Waals surface area contributed by atoms with Gasteiger partial charge in [-0.05, 0) is 18.2 Å². The molecule has 0 fully saturated rings. The van der Waals surface area contributed by atoms with E-state index in [9.17, 15) is 9.59 Å². The highest BCUT2D eigenvalue weighted by Crippen LogP contribution is 2.35. The molecule has 0 unspecified atom stereocenters. The number of rotatable bonds is 1. The van der Waals surface area contributed by atoms with Crippen molar-refractivity contribution in [3.63, 3.8) is 0 Å². The van der Waals surface area contributed by atoms with Crippen molar-refractivity contribution in [3.05, 3.63) is 59.4 Å². The number of halogens is 1. The molecule has 32 heavy (non-hydrogen) atoms. The second-order valence-corrected chi connectivity index (χ2v) is 6.90. The fourth-order valence-corrected chi connectivity index (χ4v) is 3.19. The Morgan fingerprint density at radius 3 is 2.88 bits per heavy atom. The van der Waals surface area contributed by atoms with Crippen molar-refractivity contribution in [1.82, 2.24) is 9.97 Å². The van der Waals surface area contributed by atoms with Gasteiger partial charge in [0.15, 0.2) is 6.61 Å². The van der Waals surface area contributed by atoms with Crippen LogP contribution in [0, 0.1) is 0 Å². The van der Waals surface area contributed by atoms with Gasteiger partial charge in [-0.3, -0.25) is 9.59 Å². The fourth-order valence-electron chi connectivity index (χ4n) is 2.96. The smallest absolute Gasteiger partial charge is 0.283 e. The van der Waals surface area contributed by atoms with Crippen LogP contribution < -0.4 is 14.8 Å². The highest BCUT2D eigenvalue weighted by Gasteiger charge is 2.15. The first-order valence-corrected chi connectivity index (χ1v) is 9.75. The van der Waals surface area contributed by atoms with Crippen LogP contribution in [-0.2, 0) is 9.59 Å². The third-order valence-electron chi connectivity index (χ3n) is 4.42. The molecule has 1 aliphatic rings. The number of ether oxygens (including phenoxy) is 2. The summed E-state index contributed by atoms with van der Waals surface area (Å²) in [6.07, 6.45) is 6.49. The summed E-state index contributed by atoms with van der Waals surface area (Å²) in [7, 11) is 1.50. The van der Waals surface area contributed by atoms with Crippen molar-refractivity contribution in [2.75, 3.05) is 19.0 Å².